The summed E-state index contributed by atoms with van der Waals surface area (Å²) in [5.41, 5.74) is 2.47. The maximum absolute atomic E-state index is 14.3. The van der Waals surface area contributed by atoms with Gasteiger partial charge in [0.15, 0.2) is 30.9 Å². The Morgan fingerprint density at radius 3 is 1.39 bits per heavy atom. The lowest BCUT2D eigenvalue weighted by molar-refractivity contribution is -0.325. The van der Waals surface area contributed by atoms with E-state index in [1.54, 1.807) is 127 Å². The van der Waals surface area contributed by atoms with E-state index in [9.17, 15) is 19.2 Å². The summed E-state index contributed by atoms with van der Waals surface area (Å²) in [5.74, 6) is -3.24. The van der Waals surface area contributed by atoms with Crippen molar-refractivity contribution in [1.29, 1.82) is 0 Å². The van der Waals surface area contributed by atoms with Gasteiger partial charge in [-0.25, -0.2) is 19.2 Å². The van der Waals surface area contributed by atoms with E-state index in [1.807, 2.05) is 60.7 Å². The molecule has 2 aliphatic heterocycles. The zero-order chi connectivity index (χ0) is 49.9. The zero-order valence-corrected chi connectivity index (χ0v) is 39.5. The monoisotopic (exact) mass is 976 g/mol. The number of carbonyl (C=O) groups excluding carboxylic acids is 4. The molecule has 9 atom stereocenters. The van der Waals surface area contributed by atoms with Gasteiger partial charge in [0.2, 0.25) is 0 Å². The Labute approximate surface area is 418 Å². The Hall–Kier alpha value is -7.30. The van der Waals surface area contributed by atoms with Crippen LogP contribution in [0.2, 0.25) is 0 Å². The van der Waals surface area contributed by atoms with Gasteiger partial charge in [0, 0.05) is 0 Å². The lowest BCUT2D eigenvalue weighted by Gasteiger charge is -2.45. The third kappa shape index (κ3) is 14.0. The number of hydrogen-bond acceptors (Lipinski definition) is 14. The third-order valence-corrected chi connectivity index (χ3v) is 11.8. The number of unbranched alkanes of at least 4 members (excludes halogenated alkanes) is 1. The number of allylic oxidation sites excluding steroid dienone is 1. The molecule has 8 rings (SSSR count). The summed E-state index contributed by atoms with van der Waals surface area (Å²) in [6.07, 6.45) is -8.96. The number of carbonyl (C=O) groups is 4. The molecule has 6 aromatic carbocycles. The van der Waals surface area contributed by atoms with Gasteiger partial charge >= 0.3 is 23.9 Å². The highest BCUT2D eigenvalue weighted by molar-refractivity contribution is 5.91. The highest BCUT2D eigenvalue weighted by atomic mass is 16.8. The zero-order valence-electron chi connectivity index (χ0n) is 39.5. The van der Waals surface area contributed by atoms with Crippen molar-refractivity contribution in [3.05, 3.63) is 228 Å². The molecule has 0 radical (unpaired) electrons. The van der Waals surface area contributed by atoms with Gasteiger partial charge in [-0.05, 0) is 72.5 Å². The van der Waals surface area contributed by atoms with Crippen LogP contribution in [0.25, 0.3) is 0 Å². The van der Waals surface area contributed by atoms with Crippen LogP contribution in [0, 0.1) is 0 Å². The second kappa shape index (κ2) is 26.2. The van der Waals surface area contributed by atoms with Crippen LogP contribution in [-0.4, -0.2) is 99.0 Å². The van der Waals surface area contributed by atoms with Crippen LogP contribution in [0.5, 0.6) is 0 Å². The van der Waals surface area contributed by atoms with Crippen molar-refractivity contribution in [3.63, 3.8) is 0 Å². The van der Waals surface area contributed by atoms with Crippen molar-refractivity contribution < 1.29 is 66.5 Å². The fraction of sp³-hybridized carbons (Fsp3) is 0.276. The standard InChI is InChI=1S/C58H56O14/c1-2-3-22-35-64-57-51(48(65-37-41-25-12-5-13-26-41)46(67-57)38-63-36-40-23-10-4-11-24-40)72-58-52(71-56(62)45-33-20-9-21-34-45)50(70-55(61)44-31-18-8-19-32-44)49(69-54(60)43-29-16-7-17-30-43)47(68-58)39-66-53(59)42-27-14-6-15-28-42/h2,4-21,23-34,46-52,57-58H,1,3,22,35-39H2/t46-,47-,48-,49+,50+,51+,52-,57+,58+/m1/s1. The minimum absolute atomic E-state index is 0.0472. The molecular weight excluding hydrogens is 921 g/mol. The summed E-state index contributed by atoms with van der Waals surface area (Å²) in [7, 11) is 0. The van der Waals surface area contributed by atoms with Gasteiger partial charge < -0.3 is 47.4 Å². The van der Waals surface area contributed by atoms with Crippen LogP contribution in [0.15, 0.2) is 195 Å². The Morgan fingerprint density at radius 1 is 0.444 bits per heavy atom. The predicted molar refractivity (Wildman–Crippen MR) is 262 cm³/mol. The smallest absolute Gasteiger partial charge is 0.338 e. The molecule has 372 valence electrons. The molecule has 2 saturated heterocycles. The van der Waals surface area contributed by atoms with E-state index in [0.717, 1.165) is 11.1 Å². The molecule has 0 saturated carbocycles. The predicted octanol–water partition coefficient (Wildman–Crippen LogP) is 9.14. The molecule has 14 heteroatoms. The Bertz CT molecular complexity index is 2620. The molecule has 72 heavy (non-hydrogen) atoms. The van der Waals surface area contributed by atoms with Crippen LogP contribution in [0.4, 0.5) is 0 Å². The molecule has 0 amide bonds. The Balaban J connectivity index is 1.20. The quantitative estimate of drug-likeness (QED) is 0.0259. The second-order valence-electron chi connectivity index (χ2n) is 16.9. The average molecular weight is 977 g/mol. The normalized spacial score (nSPS) is 22.5. The van der Waals surface area contributed by atoms with E-state index in [-0.39, 0.29) is 48.7 Å². The molecule has 2 fully saturated rings. The Morgan fingerprint density at radius 2 is 0.875 bits per heavy atom. The van der Waals surface area contributed by atoms with E-state index in [2.05, 4.69) is 6.58 Å². The number of hydrogen-bond donors (Lipinski definition) is 0. The largest absolute Gasteiger partial charge is 0.459 e. The van der Waals surface area contributed by atoms with Crippen molar-refractivity contribution in [2.24, 2.45) is 0 Å². The summed E-state index contributed by atoms with van der Waals surface area (Å²) >= 11 is 0. The van der Waals surface area contributed by atoms with Gasteiger partial charge in [-0.2, -0.15) is 0 Å². The average Bonchev–Trinajstić information content (AvgIpc) is 3.75. The molecule has 0 aliphatic carbocycles. The first-order valence-electron chi connectivity index (χ1n) is 23.8. The van der Waals surface area contributed by atoms with Crippen LogP contribution in [0.1, 0.15) is 65.4 Å². The minimum atomic E-state index is -1.68. The Kier molecular flexibility index (Phi) is 18.6. The SMILES string of the molecule is C=CCCCO[C@H]1O[C@H](COCc2ccccc2)[C@@H](OCc2ccccc2)[C@@H]1O[C@@H]1O[C@H](COC(=O)c2ccccc2)[C@H](OC(=O)c2ccccc2)[C@H](OC(=O)c2ccccc2)[C@H]1OC(=O)c1ccccc1. The number of esters is 4. The number of benzene rings is 6. The molecule has 0 spiro atoms. The van der Waals surface area contributed by atoms with Crippen LogP contribution in [-0.2, 0) is 60.6 Å². The number of ether oxygens (including phenoxy) is 10. The van der Waals surface area contributed by atoms with Crippen molar-refractivity contribution in [1.82, 2.24) is 0 Å². The third-order valence-electron chi connectivity index (χ3n) is 11.8. The van der Waals surface area contributed by atoms with Crippen molar-refractivity contribution in [2.75, 3.05) is 19.8 Å². The molecule has 0 unspecified atom stereocenters. The van der Waals surface area contributed by atoms with Gasteiger partial charge in [0.25, 0.3) is 0 Å². The number of rotatable bonds is 23. The molecule has 14 nitrogen and oxygen atoms in total. The lowest BCUT2D eigenvalue weighted by atomic mass is 9.97. The molecule has 6 aromatic rings. The molecule has 0 aromatic heterocycles. The second-order valence-corrected chi connectivity index (χ2v) is 16.9. The van der Waals surface area contributed by atoms with Gasteiger partial charge in [0.05, 0.1) is 48.7 Å². The lowest BCUT2D eigenvalue weighted by Crippen LogP contribution is -2.64. The summed E-state index contributed by atoms with van der Waals surface area (Å²) in [6.45, 7) is 3.96. The van der Waals surface area contributed by atoms with Gasteiger partial charge in [-0.1, -0.05) is 140 Å². The first-order valence-corrected chi connectivity index (χ1v) is 23.8. The fourth-order valence-corrected chi connectivity index (χ4v) is 8.16. The minimum Gasteiger partial charge on any atom is -0.459 e. The maximum atomic E-state index is 14.3. The maximum Gasteiger partial charge on any atom is 0.338 e. The van der Waals surface area contributed by atoms with E-state index >= 15 is 0 Å². The van der Waals surface area contributed by atoms with Gasteiger partial charge in [-0.15, -0.1) is 6.58 Å². The van der Waals surface area contributed by atoms with E-state index in [4.69, 9.17) is 47.4 Å². The van der Waals surface area contributed by atoms with Crippen LogP contribution >= 0.6 is 0 Å². The molecule has 2 heterocycles. The molecule has 0 bridgehead atoms. The fourth-order valence-electron chi connectivity index (χ4n) is 8.16. The molecule has 0 N–H and O–H groups in total. The molecular formula is C58H56O14. The first-order chi connectivity index (χ1) is 35.3. The molecule has 2 aliphatic rings. The highest BCUT2D eigenvalue weighted by Gasteiger charge is 2.57. The van der Waals surface area contributed by atoms with Gasteiger partial charge in [0.1, 0.15) is 31.0 Å². The van der Waals surface area contributed by atoms with Crippen molar-refractivity contribution in [3.8, 4) is 0 Å². The van der Waals surface area contributed by atoms with Crippen LogP contribution in [0.3, 0.4) is 0 Å². The van der Waals surface area contributed by atoms with Crippen molar-refractivity contribution >= 4 is 23.9 Å². The summed E-state index contributed by atoms with van der Waals surface area (Å²) < 4.78 is 64.6. The van der Waals surface area contributed by atoms with Crippen LogP contribution < -0.4 is 0 Å². The van der Waals surface area contributed by atoms with E-state index in [1.165, 1.54) is 0 Å². The van der Waals surface area contributed by atoms with Crippen molar-refractivity contribution in [2.45, 2.75) is 81.4 Å². The highest BCUT2D eigenvalue weighted by Crippen LogP contribution is 2.37. The van der Waals surface area contributed by atoms with E-state index in [0.29, 0.717) is 12.8 Å². The van der Waals surface area contributed by atoms with Gasteiger partial charge in [-0.3, -0.25) is 0 Å². The first kappa shape index (κ1) is 51.1. The summed E-state index contributed by atoms with van der Waals surface area (Å²) in [5, 5.41) is 0. The topological polar surface area (TPSA) is 161 Å². The summed E-state index contributed by atoms with van der Waals surface area (Å²) in [6, 6.07) is 51.9. The van der Waals surface area contributed by atoms with E-state index < -0.39 is 85.8 Å². The summed E-state index contributed by atoms with van der Waals surface area (Å²) in [4.78, 5) is 56.4.